The number of rotatable bonds is 5. The lowest BCUT2D eigenvalue weighted by Crippen LogP contribution is -2.16. The van der Waals surface area contributed by atoms with Crippen LogP contribution in [0.1, 0.15) is 29.5 Å². The highest BCUT2D eigenvalue weighted by atomic mass is 16.1. The maximum Gasteiger partial charge on any atom is 0.274 e. The van der Waals surface area contributed by atoms with E-state index < -0.39 is 0 Å². The van der Waals surface area contributed by atoms with Crippen LogP contribution >= 0.6 is 0 Å². The van der Waals surface area contributed by atoms with Gasteiger partial charge >= 0.3 is 0 Å². The minimum absolute atomic E-state index is 0.235. The number of anilines is 2. The monoisotopic (exact) mass is 270 g/mol. The van der Waals surface area contributed by atoms with E-state index in [2.05, 4.69) is 27.5 Å². The summed E-state index contributed by atoms with van der Waals surface area (Å²) in [5.74, 6) is 0.256. The van der Waals surface area contributed by atoms with Gasteiger partial charge < -0.3 is 10.6 Å². The summed E-state index contributed by atoms with van der Waals surface area (Å²) in [5.41, 5.74) is 1.87. The van der Waals surface area contributed by atoms with Gasteiger partial charge in [0.1, 0.15) is 5.69 Å². The van der Waals surface area contributed by atoms with E-state index in [0.29, 0.717) is 11.6 Å². The maximum atomic E-state index is 12.2. The summed E-state index contributed by atoms with van der Waals surface area (Å²) in [6.45, 7) is 4.69. The Kier molecular flexibility index (Phi) is 4.65. The standard InChI is InChI=1S/C15H18N4O/c1-3-9-16-15-17-11(2)10-13(19-15)14(20)18-12-7-5-4-6-8-12/h4-8,10H,3,9H2,1-2H3,(H,18,20)(H,16,17,19). The molecule has 0 spiro atoms. The molecule has 0 aliphatic heterocycles. The van der Waals surface area contributed by atoms with Gasteiger partial charge in [-0.1, -0.05) is 25.1 Å². The largest absolute Gasteiger partial charge is 0.354 e. The van der Waals surface area contributed by atoms with E-state index >= 15 is 0 Å². The molecule has 0 atom stereocenters. The first kappa shape index (κ1) is 14.0. The highest BCUT2D eigenvalue weighted by Crippen LogP contribution is 2.10. The average Bonchev–Trinajstić information content (AvgIpc) is 2.45. The molecule has 104 valence electrons. The van der Waals surface area contributed by atoms with Crippen LogP contribution in [-0.4, -0.2) is 22.4 Å². The van der Waals surface area contributed by atoms with Crippen molar-refractivity contribution in [3.63, 3.8) is 0 Å². The molecule has 5 heteroatoms. The third kappa shape index (κ3) is 3.78. The van der Waals surface area contributed by atoms with Crippen LogP contribution in [0.25, 0.3) is 0 Å². The van der Waals surface area contributed by atoms with Crippen LogP contribution in [0.15, 0.2) is 36.4 Å². The van der Waals surface area contributed by atoms with Crippen molar-refractivity contribution in [3.8, 4) is 0 Å². The Morgan fingerprint density at radius 2 is 1.95 bits per heavy atom. The first-order chi connectivity index (χ1) is 9.69. The maximum absolute atomic E-state index is 12.2. The molecule has 0 aliphatic rings. The van der Waals surface area contributed by atoms with Crippen molar-refractivity contribution in [1.82, 2.24) is 9.97 Å². The number of aryl methyl sites for hydroxylation is 1. The Hall–Kier alpha value is -2.43. The first-order valence-corrected chi connectivity index (χ1v) is 6.65. The Balaban J connectivity index is 2.15. The quantitative estimate of drug-likeness (QED) is 0.876. The molecule has 5 nitrogen and oxygen atoms in total. The molecular formula is C15H18N4O. The third-order valence-electron chi connectivity index (χ3n) is 2.65. The number of aromatic nitrogens is 2. The number of nitrogens with one attached hydrogen (secondary N) is 2. The molecule has 1 aromatic heterocycles. The molecule has 1 amide bonds. The number of para-hydroxylation sites is 1. The fourth-order valence-corrected chi connectivity index (χ4v) is 1.72. The lowest BCUT2D eigenvalue weighted by Gasteiger charge is -2.08. The van der Waals surface area contributed by atoms with E-state index in [-0.39, 0.29) is 5.91 Å². The van der Waals surface area contributed by atoms with E-state index in [1.54, 1.807) is 6.07 Å². The van der Waals surface area contributed by atoms with Crippen LogP contribution in [0.3, 0.4) is 0 Å². The molecule has 2 aromatic rings. The molecule has 0 bridgehead atoms. The van der Waals surface area contributed by atoms with Gasteiger partial charge in [-0.05, 0) is 31.5 Å². The molecule has 0 unspecified atom stereocenters. The number of carbonyl (C=O) groups is 1. The fourth-order valence-electron chi connectivity index (χ4n) is 1.72. The zero-order valence-corrected chi connectivity index (χ0v) is 11.7. The summed E-state index contributed by atoms with van der Waals surface area (Å²) >= 11 is 0. The topological polar surface area (TPSA) is 66.9 Å². The van der Waals surface area contributed by atoms with Crippen molar-refractivity contribution in [2.45, 2.75) is 20.3 Å². The number of amides is 1. The van der Waals surface area contributed by atoms with E-state index in [9.17, 15) is 4.79 Å². The highest BCUT2D eigenvalue weighted by molar-refractivity contribution is 6.03. The molecular weight excluding hydrogens is 252 g/mol. The fraction of sp³-hybridized carbons (Fsp3) is 0.267. The minimum atomic E-state index is -0.235. The first-order valence-electron chi connectivity index (χ1n) is 6.65. The van der Waals surface area contributed by atoms with Crippen LogP contribution in [0.5, 0.6) is 0 Å². The Morgan fingerprint density at radius 3 is 2.65 bits per heavy atom. The molecule has 0 radical (unpaired) electrons. The average molecular weight is 270 g/mol. The number of hydrogen-bond acceptors (Lipinski definition) is 4. The smallest absolute Gasteiger partial charge is 0.274 e. The molecule has 0 aliphatic carbocycles. The molecule has 0 saturated heterocycles. The van der Waals surface area contributed by atoms with E-state index in [4.69, 9.17) is 0 Å². The van der Waals surface area contributed by atoms with Gasteiger partial charge in [0.2, 0.25) is 5.95 Å². The number of carbonyl (C=O) groups excluding carboxylic acids is 1. The predicted octanol–water partition coefficient (Wildman–Crippen LogP) is 2.86. The lowest BCUT2D eigenvalue weighted by atomic mass is 10.3. The van der Waals surface area contributed by atoms with Crippen LogP contribution in [0.4, 0.5) is 11.6 Å². The van der Waals surface area contributed by atoms with Crippen molar-refractivity contribution < 1.29 is 4.79 Å². The molecule has 0 fully saturated rings. The Bertz CT molecular complexity index is 584. The van der Waals surface area contributed by atoms with Gasteiger partial charge in [0, 0.05) is 17.9 Å². The number of nitrogens with zero attached hydrogens (tertiary/aromatic N) is 2. The van der Waals surface area contributed by atoms with Gasteiger partial charge in [0.15, 0.2) is 0 Å². The molecule has 1 aromatic carbocycles. The van der Waals surface area contributed by atoms with Crippen LogP contribution in [0.2, 0.25) is 0 Å². The van der Waals surface area contributed by atoms with E-state index in [0.717, 1.165) is 24.3 Å². The number of benzene rings is 1. The van der Waals surface area contributed by atoms with Crippen molar-refractivity contribution in [3.05, 3.63) is 47.8 Å². The predicted molar refractivity (Wildman–Crippen MR) is 79.9 cm³/mol. The third-order valence-corrected chi connectivity index (χ3v) is 2.65. The normalized spacial score (nSPS) is 10.1. The van der Waals surface area contributed by atoms with Gasteiger partial charge in [0.05, 0.1) is 0 Å². The van der Waals surface area contributed by atoms with Gasteiger partial charge in [-0.15, -0.1) is 0 Å². The van der Waals surface area contributed by atoms with Gasteiger partial charge in [-0.3, -0.25) is 4.79 Å². The zero-order valence-electron chi connectivity index (χ0n) is 11.7. The lowest BCUT2D eigenvalue weighted by molar-refractivity contribution is 0.102. The summed E-state index contributed by atoms with van der Waals surface area (Å²) in [5, 5.41) is 5.90. The van der Waals surface area contributed by atoms with E-state index in [1.165, 1.54) is 0 Å². The van der Waals surface area contributed by atoms with Crippen molar-refractivity contribution in [2.75, 3.05) is 17.2 Å². The number of hydrogen-bond donors (Lipinski definition) is 2. The van der Waals surface area contributed by atoms with Crippen molar-refractivity contribution in [1.29, 1.82) is 0 Å². The summed E-state index contributed by atoms with van der Waals surface area (Å²) in [6, 6.07) is 11.0. The highest BCUT2D eigenvalue weighted by Gasteiger charge is 2.10. The van der Waals surface area contributed by atoms with Gasteiger partial charge in [-0.25, -0.2) is 9.97 Å². The minimum Gasteiger partial charge on any atom is -0.354 e. The van der Waals surface area contributed by atoms with E-state index in [1.807, 2.05) is 37.3 Å². The van der Waals surface area contributed by atoms with Crippen LogP contribution in [-0.2, 0) is 0 Å². The second-order valence-electron chi connectivity index (χ2n) is 4.47. The second-order valence-corrected chi connectivity index (χ2v) is 4.47. The van der Waals surface area contributed by atoms with Crippen molar-refractivity contribution >= 4 is 17.5 Å². The molecule has 2 rings (SSSR count). The van der Waals surface area contributed by atoms with Crippen LogP contribution in [0, 0.1) is 6.92 Å². The van der Waals surface area contributed by atoms with Gasteiger partial charge in [-0.2, -0.15) is 0 Å². The molecule has 2 N–H and O–H groups in total. The molecule has 20 heavy (non-hydrogen) atoms. The van der Waals surface area contributed by atoms with Crippen molar-refractivity contribution in [2.24, 2.45) is 0 Å². The SMILES string of the molecule is CCCNc1nc(C)cc(C(=O)Nc2ccccc2)n1. The summed E-state index contributed by atoms with van der Waals surface area (Å²) in [6.07, 6.45) is 0.975. The molecule has 0 saturated carbocycles. The Morgan fingerprint density at radius 1 is 1.20 bits per heavy atom. The van der Waals surface area contributed by atoms with Gasteiger partial charge in [0.25, 0.3) is 5.91 Å². The summed E-state index contributed by atoms with van der Waals surface area (Å²) in [7, 11) is 0. The summed E-state index contributed by atoms with van der Waals surface area (Å²) < 4.78 is 0. The zero-order chi connectivity index (χ0) is 14.4. The summed E-state index contributed by atoms with van der Waals surface area (Å²) in [4.78, 5) is 20.7. The molecule has 1 heterocycles. The van der Waals surface area contributed by atoms with Crippen LogP contribution < -0.4 is 10.6 Å². The second kappa shape index (κ2) is 6.65. The Labute approximate surface area is 118 Å².